The van der Waals surface area contributed by atoms with Crippen molar-refractivity contribution in [3.05, 3.63) is 48.8 Å². The van der Waals surface area contributed by atoms with Crippen LogP contribution in [0.15, 0.2) is 48.8 Å². The minimum atomic E-state index is 0.108. The number of para-hydroxylation sites is 1. The molecular formula is C18H17N5O. The van der Waals surface area contributed by atoms with Gasteiger partial charge in [0.2, 0.25) is 5.91 Å². The van der Waals surface area contributed by atoms with E-state index in [1.54, 1.807) is 12.4 Å². The molecule has 1 aromatic carbocycles. The molecular weight excluding hydrogens is 302 g/mol. The number of amides is 1. The third-order valence-corrected chi connectivity index (χ3v) is 4.13. The Labute approximate surface area is 139 Å². The van der Waals surface area contributed by atoms with Gasteiger partial charge in [-0.1, -0.05) is 12.1 Å². The summed E-state index contributed by atoms with van der Waals surface area (Å²) in [6.45, 7) is 0.611. The average molecular weight is 319 g/mol. The molecule has 3 heterocycles. The second-order valence-electron chi connectivity index (χ2n) is 5.84. The number of anilines is 1. The maximum absolute atomic E-state index is 11.3. The van der Waals surface area contributed by atoms with Gasteiger partial charge < -0.3 is 10.6 Å². The number of hydrogen-bond donors (Lipinski definition) is 2. The Morgan fingerprint density at radius 3 is 2.83 bits per heavy atom. The van der Waals surface area contributed by atoms with Crippen LogP contribution in [0.2, 0.25) is 0 Å². The van der Waals surface area contributed by atoms with Crippen molar-refractivity contribution in [1.29, 1.82) is 0 Å². The molecule has 1 atom stereocenters. The summed E-state index contributed by atoms with van der Waals surface area (Å²) < 4.78 is 0. The Morgan fingerprint density at radius 2 is 2.04 bits per heavy atom. The number of nitrogens with zero attached hydrogens (tertiary/aromatic N) is 3. The summed E-state index contributed by atoms with van der Waals surface area (Å²) in [5.41, 5.74) is 1.76. The number of hydrogen-bond acceptors (Lipinski definition) is 5. The maximum Gasteiger partial charge on any atom is 0.220 e. The van der Waals surface area contributed by atoms with Crippen molar-refractivity contribution in [1.82, 2.24) is 20.3 Å². The van der Waals surface area contributed by atoms with E-state index in [0.717, 1.165) is 28.7 Å². The van der Waals surface area contributed by atoms with E-state index >= 15 is 0 Å². The van der Waals surface area contributed by atoms with Crippen LogP contribution >= 0.6 is 0 Å². The molecule has 1 amide bonds. The van der Waals surface area contributed by atoms with Crippen molar-refractivity contribution in [3.63, 3.8) is 0 Å². The van der Waals surface area contributed by atoms with E-state index in [4.69, 9.17) is 4.98 Å². The number of nitrogens with one attached hydrogen (secondary N) is 2. The molecule has 2 aromatic heterocycles. The molecule has 24 heavy (non-hydrogen) atoms. The predicted molar refractivity (Wildman–Crippen MR) is 92.4 cm³/mol. The van der Waals surface area contributed by atoms with E-state index < -0.39 is 0 Å². The van der Waals surface area contributed by atoms with E-state index in [9.17, 15) is 4.79 Å². The molecule has 0 saturated carbocycles. The molecule has 4 rings (SSSR count). The topological polar surface area (TPSA) is 79.8 Å². The van der Waals surface area contributed by atoms with E-state index in [-0.39, 0.29) is 11.9 Å². The van der Waals surface area contributed by atoms with Crippen molar-refractivity contribution < 1.29 is 4.79 Å². The maximum atomic E-state index is 11.3. The van der Waals surface area contributed by atoms with Crippen LogP contribution in [-0.2, 0) is 4.79 Å². The highest BCUT2D eigenvalue weighted by Crippen LogP contribution is 2.25. The summed E-state index contributed by atoms with van der Waals surface area (Å²) >= 11 is 0. The molecule has 0 radical (unpaired) electrons. The zero-order valence-electron chi connectivity index (χ0n) is 13.1. The van der Waals surface area contributed by atoms with Crippen molar-refractivity contribution in [2.45, 2.75) is 18.9 Å². The van der Waals surface area contributed by atoms with Crippen LogP contribution in [0.1, 0.15) is 12.8 Å². The highest BCUT2D eigenvalue weighted by molar-refractivity contribution is 5.90. The monoisotopic (exact) mass is 319 g/mol. The van der Waals surface area contributed by atoms with Gasteiger partial charge in [-0.15, -0.1) is 0 Å². The van der Waals surface area contributed by atoms with Crippen molar-refractivity contribution >= 4 is 22.6 Å². The van der Waals surface area contributed by atoms with Crippen molar-refractivity contribution in [2.75, 3.05) is 11.9 Å². The Morgan fingerprint density at radius 1 is 1.12 bits per heavy atom. The summed E-state index contributed by atoms with van der Waals surface area (Å²) in [4.78, 5) is 24.8. The minimum Gasteiger partial charge on any atom is -0.365 e. The molecule has 1 aliphatic rings. The lowest BCUT2D eigenvalue weighted by Gasteiger charge is -2.24. The van der Waals surface area contributed by atoms with Crippen LogP contribution in [0.25, 0.3) is 22.3 Å². The first-order chi connectivity index (χ1) is 11.8. The Bertz CT molecular complexity index is 871. The number of carbonyl (C=O) groups is 1. The van der Waals surface area contributed by atoms with Crippen molar-refractivity contribution in [2.24, 2.45) is 0 Å². The van der Waals surface area contributed by atoms with Gasteiger partial charge in [0.25, 0.3) is 0 Å². The molecule has 1 aliphatic heterocycles. The zero-order valence-corrected chi connectivity index (χ0v) is 13.1. The van der Waals surface area contributed by atoms with Crippen LogP contribution in [0.4, 0.5) is 5.82 Å². The highest BCUT2D eigenvalue weighted by atomic mass is 16.1. The van der Waals surface area contributed by atoms with Crippen LogP contribution in [0, 0.1) is 0 Å². The first-order valence-corrected chi connectivity index (χ1v) is 8.00. The van der Waals surface area contributed by atoms with Crippen LogP contribution in [0.5, 0.6) is 0 Å². The summed E-state index contributed by atoms with van der Waals surface area (Å²) in [6.07, 6.45) is 4.83. The van der Waals surface area contributed by atoms with Gasteiger partial charge in [0.05, 0.1) is 5.52 Å². The molecule has 1 saturated heterocycles. The second-order valence-corrected chi connectivity index (χ2v) is 5.84. The Hall–Kier alpha value is -3.02. The normalized spacial score (nSPS) is 17.5. The molecule has 1 unspecified atom stereocenters. The third-order valence-electron chi connectivity index (χ3n) is 4.13. The fourth-order valence-electron chi connectivity index (χ4n) is 2.86. The minimum absolute atomic E-state index is 0.108. The molecule has 120 valence electrons. The highest BCUT2D eigenvalue weighted by Gasteiger charge is 2.19. The largest absolute Gasteiger partial charge is 0.365 e. The quantitative estimate of drug-likeness (QED) is 0.775. The number of carbonyl (C=O) groups excluding carboxylic acids is 1. The first kappa shape index (κ1) is 14.6. The SMILES string of the molecule is O=C1CCC(Nc2nc(-c3cccnc3)nc3ccccc23)CN1. The van der Waals surface area contributed by atoms with Gasteiger partial charge in [-0.25, -0.2) is 9.97 Å². The Balaban J connectivity index is 1.74. The fraction of sp³-hybridized carbons (Fsp3) is 0.222. The number of fused-ring (bicyclic) bond motifs is 1. The number of pyridine rings is 1. The number of rotatable bonds is 3. The third kappa shape index (κ3) is 2.90. The number of piperidine rings is 1. The van der Waals surface area contributed by atoms with Gasteiger partial charge in [-0.2, -0.15) is 0 Å². The number of benzene rings is 1. The molecule has 0 aliphatic carbocycles. The lowest BCUT2D eigenvalue weighted by Crippen LogP contribution is -2.42. The molecule has 6 heteroatoms. The fourth-order valence-corrected chi connectivity index (χ4v) is 2.86. The summed E-state index contributed by atoms with van der Waals surface area (Å²) in [5.74, 6) is 1.54. The molecule has 6 nitrogen and oxygen atoms in total. The zero-order chi connectivity index (χ0) is 16.4. The van der Waals surface area contributed by atoms with E-state index in [1.165, 1.54) is 0 Å². The molecule has 0 bridgehead atoms. The summed E-state index contributed by atoms with van der Waals surface area (Å²) in [7, 11) is 0. The van der Waals surface area contributed by atoms with E-state index in [2.05, 4.69) is 20.6 Å². The van der Waals surface area contributed by atoms with E-state index in [0.29, 0.717) is 18.8 Å². The van der Waals surface area contributed by atoms with Crippen molar-refractivity contribution in [3.8, 4) is 11.4 Å². The van der Waals surface area contributed by atoms with Gasteiger partial charge in [0.15, 0.2) is 5.82 Å². The van der Waals surface area contributed by atoms with Crippen LogP contribution < -0.4 is 10.6 Å². The van der Waals surface area contributed by atoms with Gasteiger partial charge in [-0.05, 0) is 30.7 Å². The average Bonchev–Trinajstić information content (AvgIpc) is 2.64. The summed E-state index contributed by atoms with van der Waals surface area (Å²) in [5, 5.41) is 7.33. The Kier molecular flexibility index (Phi) is 3.78. The van der Waals surface area contributed by atoms with Gasteiger partial charge in [0.1, 0.15) is 5.82 Å². The van der Waals surface area contributed by atoms with Gasteiger partial charge >= 0.3 is 0 Å². The molecule has 1 fully saturated rings. The standard InChI is InChI=1S/C18H17N5O/c24-16-8-7-13(11-20-16)21-18-14-5-1-2-6-15(14)22-17(23-18)12-4-3-9-19-10-12/h1-6,9-10,13H,7-8,11H2,(H,20,24)(H,21,22,23). The van der Waals surface area contributed by atoms with Gasteiger partial charge in [0, 0.05) is 42.4 Å². The van der Waals surface area contributed by atoms with Crippen LogP contribution in [-0.4, -0.2) is 33.4 Å². The lowest BCUT2D eigenvalue weighted by atomic mass is 10.1. The van der Waals surface area contributed by atoms with Gasteiger partial charge in [-0.3, -0.25) is 9.78 Å². The second kappa shape index (κ2) is 6.23. The molecule has 3 aromatic rings. The molecule has 2 N–H and O–H groups in total. The summed E-state index contributed by atoms with van der Waals surface area (Å²) in [6, 6.07) is 11.9. The lowest BCUT2D eigenvalue weighted by molar-refractivity contribution is -0.122. The van der Waals surface area contributed by atoms with E-state index in [1.807, 2.05) is 36.4 Å². The number of aromatic nitrogens is 3. The smallest absolute Gasteiger partial charge is 0.220 e. The predicted octanol–water partition coefficient (Wildman–Crippen LogP) is 2.38. The van der Waals surface area contributed by atoms with Crippen LogP contribution in [0.3, 0.4) is 0 Å². The molecule has 0 spiro atoms. The first-order valence-electron chi connectivity index (χ1n) is 8.00.